The highest BCUT2D eigenvalue weighted by Crippen LogP contribution is 2.19. The number of aromatic nitrogens is 4. The van der Waals surface area contributed by atoms with E-state index < -0.39 is 0 Å². The molecule has 1 amide bonds. The van der Waals surface area contributed by atoms with E-state index in [1.165, 1.54) is 11.1 Å². The van der Waals surface area contributed by atoms with E-state index in [0.717, 1.165) is 48.6 Å². The van der Waals surface area contributed by atoms with Crippen molar-refractivity contribution in [1.82, 2.24) is 29.4 Å². The molecule has 8 heteroatoms. The van der Waals surface area contributed by atoms with Gasteiger partial charge in [0.1, 0.15) is 12.4 Å². The normalized spacial score (nSPS) is 15.0. The summed E-state index contributed by atoms with van der Waals surface area (Å²) < 4.78 is 4.64. The molecule has 158 valence electrons. The summed E-state index contributed by atoms with van der Waals surface area (Å²) >= 11 is 3.54. The summed E-state index contributed by atoms with van der Waals surface area (Å²) in [5, 5.41) is 9.00. The van der Waals surface area contributed by atoms with Gasteiger partial charge in [-0.3, -0.25) is 14.4 Å². The van der Waals surface area contributed by atoms with Crippen LogP contribution in [-0.2, 0) is 13.2 Å². The molecule has 0 aliphatic carbocycles. The number of carbonyl (C=O) groups excluding carboxylic acids is 1. The number of halogens is 1. The number of carbonyl (C=O) groups is 1. The fourth-order valence-corrected chi connectivity index (χ4v) is 4.01. The van der Waals surface area contributed by atoms with Gasteiger partial charge in [-0.25, -0.2) is 4.68 Å². The molecule has 0 N–H and O–H groups in total. The molecule has 1 aliphatic rings. The highest BCUT2D eigenvalue weighted by molar-refractivity contribution is 9.10. The van der Waals surface area contributed by atoms with E-state index in [-0.39, 0.29) is 5.91 Å². The molecule has 1 aliphatic heterocycles. The second-order valence-corrected chi connectivity index (χ2v) is 8.71. The van der Waals surface area contributed by atoms with Gasteiger partial charge in [0, 0.05) is 38.9 Å². The summed E-state index contributed by atoms with van der Waals surface area (Å²) in [6, 6.07) is 10.5. The first-order valence-corrected chi connectivity index (χ1v) is 11.0. The van der Waals surface area contributed by atoms with E-state index in [2.05, 4.69) is 62.2 Å². The second-order valence-electron chi connectivity index (χ2n) is 7.92. The summed E-state index contributed by atoms with van der Waals surface area (Å²) in [5.41, 5.74) is 5.07. The minimum Gasteiger partial charge on any atom is -0.335 e. The summed E-state index contributed by atoms with van der Waals surface area (Å²) in [6.45, 7) is 10.7. The number of piperazine rings is 1. The van der Waals surface area contributed by atoms with Crippen LogP contribution in [-0.4, -0.2) is 61.4 Å². The van der Waals surface area contributed by atoms with E-state index in [1.54, 1.807) is 10.7 Å². The number of hydrogen-bond donors (Lipinski definition) is 0. The van der Waals surface area contributed by atoms with Crippen LogP contribution in [0.1, 0.15) is 33.0 Å². The molecular weight excluding hydrogens is 444 g/mol. The van der Waals surface area contributed by atoms with Gasteiger partial charge >= 0.3 is 0 Å². The van der Waals surface area contributed by atoms with Gasteiger partial charge in [0.05, 0.1) is 15.9 Å². The fraction of sp³-hybridized carbons (Fsp3) is 0.409. The van der Waals surface area contributed by atoms with E-state index in [9.17, 15) is 4.79 Å². The van der Waals surface area contributed by atoms with Gasteiger partial charge in [0.25, 0.3) is 5.91 Å². The van der Waals surface area contributed by atoms with Gasteiger partial charge < -0.3 is 4.90 Å². The van der Waals surface area contributed by atoms with Gasteiger partial charge in [-0.15, -0.1) is 0 Å². The molecule has 30 heavy (non-hydrogen) atoms. The third kappa shape index (κ3) is 4.49. The zero-order valence-corrected chi connectivity index (χ0v) is 19.3. The standard InChI is InChI=1S/C22H27BrN6O/c1-16-4-6-19(7-5-16)14-26-10-12-27(13-11-26)22(30)20-8-9-28(25-20)15-29-18(3)21(23)17(2)24-29/h4-9H,10-15H2,1-3H3. The zero-order valence-electron chi connectivity index (χ0n) is 17.7. The minimum atomic E-state index is -0.00159. The molecule has 3 heterocycles. The minimum absolute atomic E-state index is 0.00159. The first-order valence-electron chi connectivity index (χ1n) is 10.2. The van der Waals surface area contributed by atoms with Crippen molar-refractivity contribution < 1.29 is 4.79 Å². The van der Waals surface area contributed by atoms with Crippen LogP contribution in [0.4, 0.5) is 0 Å². The Balaban J connectivity index is 1.33. The molecule has 1 saturated heterocycles. The van der Waals surface area contributed by atoms with Gasteiger partial charge in [0.15, 0.2) is 0 Å². The molecule has 3 aromatic rings. The molecule has 0 saturated carbocycles. The fourth-order valence-electron chi connectivity index (χ4n) is 3.73. The van der Waals surface area contributed by atoms with E-state index in [4.69, 9.17) is 0 Å². The van der Waals surface area contributed by atoms with Crippen LogP contribution < -0.4 is 0 Å². The summed E-state index contributed by atoms with van der Waals surface area (Å²) in [7, 11) is 0. The Labute approximate surface area is 185 Å². The third-order valence-corrected chi connectivity index (χ3v) is 6.77. The largest absolute Gasteiger partial charge is 0.335 e. The molecule has 0 radical (unpaired) electrons. The van der Waals surface area contributed by atoms with Gasteiger partial charge in [-0.05, 0) is 48.3 Å². The van der Waals surface area contributed by atoms with Crippen molar-refractivity contribution in [1.29, 1.82) is 0 Å². The topological polar surface area (TPSA) is 59.2 Å². The van der Waals surface area contributed by atoms with Crippen molar-refractivity contribution in [3.8, 4) is 0 Å². The number of rotatable bonds is 5. The molecule has 0 unspecified atom stereocenters. The Hall–Kier alpha value is -2.45. The van der Waals surface area contributed by atoms with E-state index in [1.807, 2.05) is 29.6 Å². The molecule has 0 spiro atoms. The molecular formula is C22H27BrN6O. The maximum atomic E-state index is 12.9. The molecule has 0 bridgehead atoms. The average Bonchev–Trinajstić information content (AvgIpc) is 3.31. The van der Waals surface area contributed by atoms with Gasteiger partial charge in [0.2, 0.25) is 0 Å². The zero-order chi connectivity index (χ0) is 21.3. The van der Waals surface area contributed by atoms with Crippen molar-refractivity contribution in [3.63, 3.8) is 0 Å². The van der Waals surface area contributed by atoms with Crippen LogP contribution in [0.25, 0.3) is 0 Å². The third-order valence-electron chi connectivity index (χ3n) is 5.62. The van der Waals surface area contributed by atoms with Crippen LogP contribution in [0, 0.1) is 20.8 Å². The van der Waals surface area contributed by atoms with Crippen LogP contribution >= 0.6 is 15.9 Å². The number of benzene rings is 1. The van der Waals surface area contributed by atoms with Crippen LogP contribution in [0.3, 0.4) is 0 Å². The van der Waals surface area contributed by atoms with Crippen molar-refractivity contribution >= 4 is 21.8 Å². The predicted molar refractivity (Wildman–Crippen MR) is 119 cm³/mol. The molecule has 1 aromatic carbocycles. The van der Waals surface area contributed by atoms with Crippen molar-refractivity contribution in [2.75, 3.05) is 26.2 Å². The lowest BCUT2D eigenvalue weighted by molar-refractivity contribution is 0.0621. The second kappa shape index (κ2) is 8.73. The SMILES string of the molecule is Cc1ccc(CN2CCN(C(=O)c3ccn(Cn4nc(C)c(Br)c4C)n3)CC2)cc1. The number of nitrogens with zero attached hydrogens (tertiary/aromatic N) is 6. The molecule has 1 fully saturated rings. The van der Waals surface area contributed by atoms with E-state index >= 15 is 0 Å². The first-order chi connectivity index (χ1) is 14.4. The summed E-state index contributed by atoms with van der Waals surface area (Å²) in [6.07, 6.45) is 1.84. The maximum Gasteiger partial charge on any atom is 0.274 e. The predicted octanol–water partition coefficient (Wildman–Crippen LogP) is 3.23. The maximum absolute atomic E-state index is 12.9. The van der Waals surface area contributed by atoms with Crippen LogP contribution in [0.5, 0.6) is 0 Å². The highest BCUT2D eigenvalue weighted by Gasteiger charge is 2.24. The van der Waals surface area contributed by atoms with Gasteiger partial charge in [-0.2, -0.15) is 10.2 Å². The van der Waals surface area contributed by atoms with Crippen molar-refractivity contribution in [2.24, 2.45) is 0 Å². The number of amides is 1. The first kappa shape index (κ1) is 20.8. The van der Waals surface area contributed by atoms with Gasteiger partial charge in [-0.1, -0.05) is 29.8 Å². The molecule has 7 nitrogen and oxygen atoms in total. The Morgan fingerprint density at radius 3 is 2.33 bits per heavy atom. The average molecular weight is 471 g/mol. The Morgan fingerprint density at radius 1 is 1.00 bits per heavy atom. The lowest BCUT2D eigenvalue weighted by atomic mass is 10.1. The Bertz CT molecular complexity index is 1030. The van der Waals surface area contributed by atoms with Crippen molar-refractivity contribution in [2.45, 2.75) is 34.0 Å². The van der Waals surface area contributed by atoms with Crippen molar-refractivity contribution in [3.05, 3.63) is 69.2 Å². The number of aryl methyl sites for hydroxylation is 2. The molecule has 2 aromatic heterocycles. The highest BCUT2D eigenvalue weighted by atomic mass is 79.9. The summed E-state index contributed by atoms with van der Waals surface area (Å²) in [4.78, 5) is 17.2. The smallest absolute Gasteiger partial charge is 0.274 e. The Morgan fingerprint density at radius 2 is 1.70 bits per heavy atom. The van der Waals surface area contributed by atoms with E-state index in [0.29, 0.717) is 12.4 Å². The summed E-state index contributed by atoms with van der Waals surface area (Å²) in [5.74, 6) is -0.00159. The lowest BCUT2D eigenvalue weighted by Crippen LogP contribution is -2.48. The quantitative estimate of drug-likeness (QED) is 0.574. The molecule has 0 atom stereocenters. The molecule has 4 rings (SSSR count). The number of hydrogen-bond acceptors (Lipinski definition) is 4. The monoisotopic (exact) mass is 470 g/mol. The Kier molecular flexibility index (Phi) is 6.06. The lowest BCUT2D eigenvalue weighted by Gasteiger charge is -2.34. The van der Waals surface area contributed by atoms with Crippen LogP contribution in [0.15, 0.2) is 41.0 Å². The van der Waals surface area contributed by atoms with Crippen LogP contribution in [0.2, 0.25) is 0 Å².